The van der Waals surface area contributed by atoms with Crippen LogP contribution in [0.2, 0.25) is 5.02 Å². The zero-order valence-corrected chi connectivity index (χ0v) is 17.2. The number of halogens is 1. The Hall–Kier alpha value is -1.73. The second kappa shape index (κ2) is 9.46. The smallest absolute Gasteiger partial charge is 0.234 e. The maximum atomic E-state index is 12.2. The van der Waals surface area contributed by atoms with E-state index in [0.29, 0.717) is 15.9 Å². The van der Waals surface area contributed by atoms with Gasteiger partial charge in [-0.3, -0.25) is 4.79 Å². The first-order chi connectivity index (χ1) is 13.0. The van der Waals surface area contributed by atoms with Crippen molar-refractivity contribution in [3.05, 3.63) is 34.6 Å². The van der Waals surface area contributed by atoms with Crippen molar-refractivity contribution in [2.45, 2.75) is 57.0 Å². The Balaban J connectivity index is 1.49. The molecule has 0 radical (unpaired) electrons. The number of nitrogen functional groups attached to an aromatic ring is 1. The van der Waals surface area contributed by atoms with Crippen molar-refractivity contribution in [3.63, 3.8) is 0 Å². The van der Waals surface area contributed by atoms with Crippen LogP contribution in [0.25, 0.3) is 0 Å². The number of amides is 1. The van der Waals surface area contributed by atoms with Gasteiger partial charge in [0.2, 0.25) is 11.1 Å². The Labute approximate surface area is 169 Å². The largest absolute Gasteiger partial charge is 0.336 e. The maximum absolute atomic E-state index is 12.2. The van der Waals surface area contributed by atoms with Crippen molar-refractivity contribution in [3.8, 4) is 0 Å². The SMILES string of the molecule is Cc1ccc(NC(=O)CSc2nnc(CCC3CCCCC3)n2N)c(Cl)c1. The lowest BCUT2D eigenvalue weighted by Gasteiger charge is -2.20. The van der Waals surface area contributed by atoms with Gasteiger partial charge in [0.25, 0.3) is 0 Å². The van der Waals surface area contributed by atoms with Crippen LogP contribution in [0, 0.1) is 12.8 Å². The Morgan fingerprint density at radius 1 is 1.33 bits per heavy atom. The van der Waals surface area contributed by atoms with E-state index in [4.69, 9.17) is 17.4 Å². The van der Waals surface area contributed by atoms with Gasteiger partial charge in [-0.15, -0.1) is 10.2 Å². The van der Waals surface area contributed by atoms with Gasteiger partial charge >= 0.3 is 0 Å². The second-order valence-corrected chi connectivity index (χ2v) is 8.48. The van der Waals surface area contributed by atoms with Crippen LogP contribution in [-0.4, -0.2) is 26.5 Å². The van der Waals surface area contributed by atoms with Gasteiger partial charge in [-0.1, -0.05) is 61.5 Å². The van der Waals surface area contributed by atoms with Gasteiger partial charge in [0.15, 0.2) is 5.82 Å². The maximum Gasteiger partial charge on any atom is 0.234 e. The molecule has 1 fully saturated rings. The highest BCUT2D eigenvalue weighted by atomic mass is 35.5. The van der Waals surface area contributed by atoms with Gasteiger partial charge in [0, 0.05) is 6.42 Å². The summed E-state index contributed by atoms with van der Waals surface area (Å²) in [5, 5.41) is 12.2. The van der Waals surface area contributed by atoms with E-state index in [0.717, 1.165) is 30.1 Å². The van der Waals surface area contributed by atoms with E-state index >= 15 is 0 Å². The molecule has 1 aliphatic rings. The molecule has 0 atom stereocenters. The highest BCUT2D eigenvalue weighted by molar-refractivity contribution is 7.99. The number of benzene rings is 1. The molecule has 1 heterocycles. The molecular formula is C19H26ClN5OS. The summed E-state index contributed by atoms with van der Waals surface area (Å²) in [4.78, 5) is 12.2. The molecule has 1 aliphatic carbocycles. The number of aryl methyl sites for hydroxylation is 2. The second-order valence-electron chi connectivity index (χ2n) is 7.13. The quantitative estimate of drug-likeness (QED) is 0.530. The van der Waals surface area contributed by atoms with Gasteiger partial charge in [-0.2, -0.15) is 0 Å². The summed E-state index contributed by atoms with van der Waals surface area (Å²) in [6, 6.07) is 5.53. The zero-order valence-electron chi connectivity index (χ0n) is 15.6. The average Bonchev–Trinajstić information content (AvgIpc) is 3.01. The van der Waals surface area contributed by atoms with Gasteiger partial charge in [0.05, 0.1) is 16.5 Å². The van der Waals surface area contributed by atoms with E-state index in [-0.39, 0.29) is 11.7 Å². The van der Waals surface area contributed by atoms with E-state index in [1.54, 1.807) is 6.07 Å². The third-order valence-corrected chi connectivity index (χ3v) is 6.22. The van der Waals surface area contributed by atoms with Crippen LogP contribution in [-0.2, 0) is 11.2 Å². The van der Waals surface area contributed by atoms with Crippen molar-refractivity contribution in [1.82, 2.24) is 14.9 Å². The van der Waals surface area contributed by atoms with E-state index in [1.807, 2.05) is 19.1 Å². The van der Waals surface area contributed by atoms with Crippen LogP contribution >= 0.6 is 23.4 Å². The number of carbonyl (C=O) groups is 1. The Bertz CT molecular complexity index is 788. The summed E-state index contributed by atoms with van der Waals surface area (Å²) in [5.74, 6) is 7.72. The van der Waals surface area contributed by atoms with E-state index in [9.17, 15) is 4.79 Å². The molecule has 0 saturated heterocycles. The molecule has 1 amide bonds. The summed E-state index contributed by atoms with van der Waals surface area (Å²) in [5.41, 5.74) is 1.65. The van der Waals surface area contributed by atoms with Crippen LogP contribution < -0.4 is 11.2 Å². The number of thioether (sulfide) groups is 1. The molecule has 0 aliphatic heterocycles. The standard InChI is InChI=1S/C19H26ClN5OS/c1-13-7-9-16(15(20)11-13)22-18(26)12-27-19-24-23-17(25(19)21)10-8-14-5-3-2-4-6-14/h7,9,11,14H,2-6,8,10,12,21H2,1H3,(H,22,26). The molecule has 3 rings (SSSR count). The van der Waals surface area contributed by atoms with Crippen LogP contribution in [0.3, 0.4) is 0 Å². The number of anilines is 1. The molecule has 146 valence electrons. The van der Waals surface area contributed by atoms with Crippen LogP contribution in [0.1, 0.15) is 49.9 Å². The molecule has 1 aromatic heterocycles. The molecule has 1 aromatic carbocycles. The third-order valence-electron chi connectivity index (χ3n) is 4.97. The first-order valence-electron chi connectivity index (χ1n) is 9.41. The number of hydrogen-bond acceptors (Lipinski definition) is 5. The topological polar surface area (TPSA) is 85.8 Å². The summed E-state index contributed by atoms with van der Waals surface area (Å²) >= 11 is 7.42. The fraction of sp³-hybridized carbons (Fsp3) is 0.526. The fourth-order valence-corrected chi connectivity index (χ4v) is 4.38. The van der Waals surface area contributed by atoms with Crippen molar-refractivity contribution in [2.24, 2.45) is 5.92 Å². The summed E-state index contributed by atoms with van der Waals surface area (Å²) in [6.07, 6.45) is 8.58. The van der Waals surface area contributed by atoms with Crippen LogP contribution in [0.15, 0.2) is 23.4 Å². The van der Waals surface area contributed by atoms with Gasteiger partial charge < -0.3 is 11.2 Å². The number of rotatable bonds is 7. The monoisotopic (exact) mass is 407 g/mol. The minimum atomic E-state index is -0.155. The summed E-state index contributed by atoms with van der Waals surface area (Å²) in [6.45, 7) is 1.95. The number of nitrogens with two attached hydrogens (primary N) is 1. The van der Waals surface area contributed by atoms with E-state index < -0.39 is 0 Å². The molecule has 0 bridgehead atoms. The summed E-state index contributed by atoms with van der Waals surface area (Å²) < 4.78 is 1.51. The minimum absolute atomic E-state index is 0.155. The summed E-state index contributed by atoms with van der Waals surface area (Å²) in [7, 11) is 0. The normalized spacial score (nSPS) is 15.0. The molecule has 3 N–H and O–H groups in total. The number of hydrogen-bond donors (Lipinski definition) is 2. The highest BCUT2D eigenvalue weighted by Crippen LogP contribution is 2.27. The van der Waals surface area contributed by atoms with Crippen molar-refractivity contribution in [1.29, 1.82) is 0 Å². The molecule has 27 heavy (non-hydrogen) atoms. The van der Waals surface area contributed by atoms with Crippen molar-refractivity contribution in [2.75, 3.05) is 16.9 Å². The lowest BCUT2D eigenvalue weighted by Crippen LogP contribution is -2.18. The van der Waals surface area contributed by atoms with Crippen molar-refractivity contribution < 1.29 is 4.79 Å². The number of nitrogens with zero attached hydrogens (tertiary/aromatic N) is 3. The number of aromatic nitrogens is 3. The molecule has 0 spiro atoms. The molecule has 2 aromatic rings. The van der Waals surface area contributed by atoms with Gasteiger partial charge in [-0.25, -0.2) is 4.68 Å². The Kier molecular flexibility index (Phi) is 7.01. The molecule has 6 nitrogen and oxygen atoms in total. The zero-order chi connectivity index (χ0) is 19.2. The van der Waals surface area contributed by atoms with Crippen LogP contribution in [0.4, 0.5) is 5.69 Å². The lowest BCUT2D eigenvalue weighted by molar-refractivity contribution is -0.113. The fourth-order valence-electron chi connectivity index (χ4n) is 3.42. The number of nitrogens with one attached hydrogen (secondary N) is 1. The highest BCUT2D eigenvalue weighted by Gasteiger charge is 2.17. The molecule has 0 unspecified atom stereocenters. The molecule has 8 heteroatoms. The van der Waals surface area contributed by atoms with Crippen LogP contribution in [0.5, 0.6) is 0 Å². The van der Waals surface area contributed by atoms with Gasteiger partial charge in [-0.05, 0) is 37.0 Å². The minimum Gasteiger partial charge on any atom is -0.336 e. The first-order valence-corrected chi connectivity index (χ1v) is 10.8. The lowest BCUT2D eigenvalue weighted by atomic mass is 9.86. The third kappa shape index (κ3) is 5.62. The molecule has 1 saturated carbocycles. The number of carbonyl (C=O) groups excluding carboxylic acids is 1. The van der Waals surface area contributed by atoms with Crippen molar-refractivity contribution >= 4 is 35.0 Å². The predicted octanol–water partition coefficient (Wildman–Crippen LogP) is 4.20. The van der Waals surface area contributed by atoms with Gasteiger partial charge in [0.1, 0.15) is 0 Å². The Morgan fingerprint density at radius 2 is 2.11 bits per heavy atom. The molecular weight excluding hydrogens is 382 g/mol. The Morgan fingerprint density at radius 3 is 2.85 bits per heavy atom. The van der Waals surface area contributed by atoms with E-state index in [2.05, 4.69) is 15.5 Å². The average molecular weight is 408 g/mol. The predicted molar refractivity (Wildman–Crippen MR) is 111 cm³/mol. The first kappa shape index (κ1) is 20.0. The van der Waals surface area contributed by atoms with E-state index in [1.165, 1.54) is 48.5 Å².